The van der Waals surface area contributed by atoms with Gasteiger partial charge >= 0.3 is 0 Å². The second-order valence-electron chi connectivity index (χ2n) is 6.27. The van der Waals surface area contributed by atoms with Crippen molar-refractivity contribution in [3.63, 3.8) is 0 Å². The van der Waals surface area contributed by atoms with Gasteiger partial charge in [0.25, 0.3) is 0 Å². The number of nitrogens with one attached hydrogen (secondary N) is 1. The molecule has 2 rings (SSSR count). The zero-order valence-electron chi connectivity index (χ0n) is 11.1. The lowest BCUT2D eigenvalue weighted by Gasteiger charge is -2.31. The van der Waals surface area contributed by atoms with Gasteiger partial charge in [0.1, 0.15) is 0 Å². The van der Waals surface area contributed by atoms with Crippen LogP contribution in [0.15, 0.2) is 0 Å². The molecule has 2 saturated carbocycles. The van der Waals surface area contributed by atoms with Gasteiger partial charge < -0.3 is 10.1 Å². The fourth-order valence-corrected chi connectivity index (χ4v) is 2.77. The van der Waals surface area contributed by atoms with Crippen molar-refractivity contribution < 1.29 is 4.74 Å². The van der Waals surface area contributed by atoms with E-state index in [2.05, 4.69) is 26.1 Å². The minimum absolute atomic E-state index is 0.406. The van der Waals surface area contributed by atoms with E-state index in [0.29, 0.717) is 17.6 Å². The molecular weight excluding hydrogens is 198 g/mol. The largest absolute Gasteiger partial charge is 0.376 e. The van der Waals surface area contributed by atoms with E-state index in [9.17, 15) is 0 Å². The molecule has 2 unspecified atom stereocenters. The Morgan fingerprint density at radius 3 is 2.62 bits per heavy atom. The number of hydrogen-bond acceptors (Lipinski definition) is 2. The van der Waals surface area contributed by atoms with Gasteiger partial charge in [0, 0.05) is 12.6 Å². The minimum Gasteiger partial charge on any atom is -0.376 e. The van der Waals surface area contributed by atoms with Gasteiger partial charge in [-0.15, -0.1) is 0 Å². The smallest absolute Gasteiger partial charge is 0.0733 e. The highest BCUT2D eigenvalue weighted by atomic mass is 16.5. The van der Waals surface area contributed by atoms with Crippen molar-refractivity contribution >= 4 is 0 Å². The van der Waals surface area contributed by atoms with Crippen molar-refractivity contribution in [3.05, 3.63) is 0 Å². The van der Waals surface area contributed by atoms with Gasteiger partial charge in [-0.3, -0.25) is 0 Å². The third-order valence-electron chi connectivity index (χ3n) is 4.14. The molecule has 2 heteroatoms. The van der Waals surface area contributed by atoms with Crippen LogP contribution in [0.1, 0.15) is 52.9 Å². The van der Waals surface area contributed by atoms with Gasteiger partial charge in [0.2, 0.25) is 0 Å². The van der Waals surface area contributed by atoms with Crippen LogP contribution in [0.3, 0.4) is 0 Å². The Kier molecular flexibility index (Phi) is 3.91. The lowest BCUT2D eigenvalue weighted by atomic mass is 9.87. The number of rotatable bonds is 6. The molecule has 2 fully saturated rings. The summed E-state index contributed by atoms with van der Waals surface area (Å²) in [5, 5.41) is 3.69. The van der Waals surface area contributed by atoms with Crippen molar-refractivity contribution in [2.75, 3.05) is 13.2 Å². The summed E-state index contributed by atoms with van der Waals surface area (Å²) in [6, 6.07) is 0.561. The quantitative estimate of drug-likeness (QED) is 0.750. The van der Waals surface area contributed by atoms with E-state index in [0.717, 1.165) is 19.1 Å². The van der Waals surface area contributed by atoms with Gasteiger partial charge in [-0.25, -0.2) is 0 Å². The van der Waals surface area contributed by atoms with Crippen LogP contribution < -0.4 is 5.32 Å². The first-order chi connectivity index (χ1) is 7.63. The molecular formula is C14H27NO. The Balaban J connectivity index is 1.83. The SMILES string of the molecule is CCCNC1C(OCC2CC2)CCC1(C)C. The highest BCUT2D eigenvalue weighted by Gasteiger charge is 2.42. The van der Waals surface area contributed by atoms with E-state index in [4.69, 9.17) is 4.74 Å². The molecule has 2 aliphatic rings. The molecule has 0 aromatic heterocycles. The Hall–Kier alpha value is -0.0800. The van der Waals surface area contributed by atoms with Crippen molar-refractivity contribution in [1.82, 2.24) is 5.32 Å². The molecule has 0 saturated heterocycles. The van der Waals surface area contributed by atoms with E-state index in [1.54, 1.807) is 0 Å². The molecule has 0 radical (unpaired) electrons. The summed E-state index contributed by atoms with van der Waals surface area (Å²) in [5.41, 5.74) is 0.406. The maximum Gasteiger partial charge on any atom is 0.0733 e. The first-order valence-electron chi connectivity index (χ1n) is 6.98. The fraction of sp³-hybridized carbons (Fsp3) is 1.00. The molecule has 0 heterocycles. The first kappa shape index (κ1) is 12.4. The second-order valence-corrected chi connectivity index (χ2v) is 6.27. The van der Waals surface area contributed by atoms with E-state index < -0.39 is 0 Å². The summed E-state index contributed by atoms with van der Waals surface area (Å²) < 4.78 is 6.11. The standard InChI is InChI=1S/C14H27NO/c1-4-9-15-13-12(7-8-14(13,2)3)16-10-11-5-6-11/h11-13,15H,4-10H2,1-3H3. The lowest BCUT2D eigenvalue weighted by molar-refractivity contribution is 0.0208. The van der Waals surface area contributed by atoms with Gasteiger partial charge in [0.05, 0.1) is 6.10 Å². The molecule has 0 aliphatic heterocycles. The highest BCUT2D eigenvalue weighted by molar-refractivity contribution is 4.97. The van der Waals surface area contributed by atoms with Gasteiger partial charge in [-0.1, -0.05) is 20.8 Å². The van der Waals surface area contributed by atoms with Crippen molar-refractivity contribution in [2.24, 2.45) is 11.3 Å². The summed E-state index contributed by atoms with van der Waals surface area (Å²) in [4.78, 5) is 0. The average Bonchev–Trinajstić information content (AvgIpc) is 3.00. The van der Waals surface area contributed by atoms with Crippen LogP contribution in [0.4, 0.5) is 0 Å². The summed E-state index contributed by atoms with van der Waals surface area (Å²) >= 11 is 0. The van der Waals surface area contributed by atoms with Crippen LogP contribution >= 0.6 is 0 Å². The van der Waals surface area contributed by atoms with Gasteiger partial charge in [-0.2, -0.15) is 0 Å². The second kappa shape index (κ2) is 5.05. The molecule has 0 bridgehead atoms. The molecule has 2 atom stereocenters. The maximum atomic E-state index is 6.11. The topological polar surface area (TPSA) is 21.3 Å². The summed E-state index contributed by atoms with van der Waals surface area (Å²) in [5.74, 6) is 0.885. The fourth-order valence-electron chi connectivity index (χ4n) is 2.77. The van der Waals surface area contributed by atoms with Crippen LogP contribution in [-0.4, -0.2) is 25.3 Å². The molecule has 0 aromatic carbocycles. The average molecular weight is 225 g/mol. The van der Waals surface area contributed by atoms with Crippen LogP contribution in [0.5, 0.6) is 0 Å². The molecule has 2 aliphatic carbocycles. The normalized spacial score (nSPS) is 33.2. The molecule has 16 heavy (non-hydrogen) atoms. The van der Waals surface area contributed by atoms with E-state index >= 15 is 0 Å². The molecule has 0 spiro atoms. The lowest BCUT2D eigenvalue weighted by Crippen LogP contribution is -2.46. The molecule has 2 nitrogen and oxygen atoms in total. The monoisotopic (exact) mass is 225 g/mol. The number of ether oxygens (including phenoxy) is 1. The summed E-state index contributed by atoms with van der Waals surface area (Å²) in [7, 11) is 0. The van der Waals surface area contributed by atoms with Gasteiger partial charge in [-0.05, 0) is 50.0 Å². The summed E-state index contributed by atoms with van der Waals surface area (Å²) in [6.07, 6.45) is 6.99. The third-order valence-corrected chi connectivity index (χ3v) is 4.14. The third kappa shape index (κ3) is 2.98. The van der Waals surface area contributed by atoms with Crippen molar-refractivity contribution in [3.8, 4) is 0 Å². The summed E-state index contributed by atoms with van der Waals surface area (Å²) in [6.45, 7) is 9.11. The van der Waals surface area contributed by atoms with Crippen LogP contribution in [0, 0.1) is 11.3 Å². The van der Waals surface area contributed by atoms with E-state index in [1.165, 1.54) is 32.1 Å². The maximum absolute atomic E-state index is 6.11. The zero-order valence-corrected chi connectivity index (χ0v) is 11.1. The minimum atomic E-state index is 0.406. The first-order valence-corrected chi connectivity index (χ1v) is 6.98. The Labute approximate surface area is 100 Å². The Morgan fingerprint density at radius 2 is 2.00 bits per heavy atom. The zero-order chi connectivity index (χ0) is 11.6. The highest BCUT2D eigenvalue weighted by Crippen LogP contribution is 2.40. The molecule has 0 amide bonds. The van der Waals surface area contributed by atoms with E-state index in [-0.39, 0.29) is 0 Å². The molecule has 1 N–H and O–H groups in total. The Bertz CT molecular complexity index is 223. The molecule has 0 aromatic rings. The van der Waals surface area contributed by atoms with Crippen LogP contribution in [0.2, 0.25) is 0 Å². The predicted octanol–water partition coefficient (Wildman–Crippen LogP) is 2.97. The predicted molar refractivity (Wildman–Crippen MR) is 67.6 cm³/mol. The number of hydrogen-bond donors (Lipinski definition) is 1. The Morgan fingerprint density at radius 1 is 1.25 bits per heavy atom. The van der Waals surface area contributed by atoms with Crippen molar-refractivity contribution in [1.29, 1.82) is 0 Å². The van der Waals surface area contributed by atoms with Crippen molar-refractivity contribution in [2.45, 2.75) is 65.0 Å². The van der Waals surface area contributed by atoms with E-state index in [1.807, 2.05) is 0 Å². The van der Waals surface area contributed by atoms with Crippen LogP contribution in [0.25, 0.3) is 0 Å². The van der Waals surface area contributed by atoms with Crippen LogP contribution in [-0.2, 0) is 4.74 Å². The van der Waals surface area contributed by atoms with Gasteiger partial charge in [0.15, 0.2) is 0 Å². The molecule has 94 valence electrons.